The maximum atomic E-state index is 11.8. The van der Waals surface area contributed by atoms with Gasteiger partial charge < -0.3 is 9.47 Å². The summed E-state index contributed by atoms with van der Waals surface area (Å²) in [6.45, 7) is 4.38. The minimum atomic E-state index is -0.234. The first kappa shape index (κ1) is 17.8. The second kappa shape index (κ2) is 8.92. The van der Waals surface area contributed by atoms with Crippen LogP contribution in [-0.4, -0.2) is 13.1 Å². The number of hydrogen-bond acceptors (Lipinski definition) is 3. The zero-order valence-corrected chi connectivity index (χ0v) is 14.4. The Kier molecular flexibility index (Phi) is 6.62. The first-order chi connectivity index (χ1) is 11.7. The van der Waals surface area contributed by atoms with Crippen LogP contribution >= 0.6 is 0 Å². The van der Waals surface area contributed by atoms with Crippen molar-refractivity contribution < 1.29 is 14.3 Å². The number of esters is 1. The standard InChI is InChI=1S/C21H24O3/c1-4-8-20(16(2)21(22)23-3)18-11-13-19(14-12-18)24-15-17-9-6-5-7-10-17/h4-14,16,20H,15H2,1-3H3/b8-4-/t16-,20+/m0/s1. The van der Waals surface area contributed by atoms with Crippen LogP contribution in [0, 0.1) is 5.92 Å². The molecule has 0 aliphatic carbocycles. The Morgan fingerprint density at radius 1 is 1.08 bits per heavy atom. The maximum Gasteiger partial charge on any atom is 0.309 e. The van der Waals surface area contributed by atoms with Crippen molar-refractivity contribution in [2.75, 3.05) is 7.11 Å². The van der Waals surface area contributed by atoms with E-state index in [1.54, 1.807) is 0 Å². The van der Waals surface area contributed by atoms with E-state index in [1.807, 2.05) is 80.6 Å². The van der Waals surface area contributed by atoms with Crippen LogP contribution in [-0.2, 0) is 16.1 Å². The van der Waals surface area contributed by atoms with Crippen molar-refractivity contribution in [1.29, 1.82) is 0 Å². The SMILES string of the molecule is C/C=C\[C@@H](c1ccc(OCc2ccccc2)cc1)[C@H](C)C(=O)OC. The molecular formula is C21H24O3. The third-order valence-electron chi connectivity index (χ3n) is 4.02. The summed E-state index contributed by atoms with van der Waals surface area (Å²) in [5.41, 5.74) is 2.20. The van der Waals surface area contributed by atoms with Gasteiger partial charge in [0, 0.05) is 5.92 Å². The number of carbonyl (C=O) groups is 1. The van der Waals surface area contributed by atoms with Crippen LogP contribution in [0.4, 0.5) is 0 Å². The molecule has 2 aromatic carbocycles. The molecule has 2 rings (SSSR count). The van der Waals surface area contributed by atoms with Gasteiger partial charge >= 0.3 is 5.97 Å². The average Bonchev–Trinajstić information content (AvgIpc) is 2.64. The van der Waals surface area contributed by atoms with Gasteiger partial charge in [-0.05, 0) is 30.2 Å². The average molecular weight is 324 g/mol. The zero-order chi connectivity index (χ0) is 17.4. The lowest BCUT2D eigenvalue weighted by Crippen LogP contribution is -2.19. The number of methoxy groups -OCH3 is 1. The van der Waals surface area contributed by atoms with Crippen LogP contribution in [0.2, 0.25) is 0 Å². The summed E-state index contributed by atoms with van der Waals surface area (Å²) in [6, 6.07) is 18.0. The van der Waals surface area contributed by atoms with Gasteiger partial charge in [-0.15, -0.1) is 0 Å². The summed E-state index contributed by atoms with van der Waals surface area (Å²) < 4.78 is 10.7. The Labute approximate surface area is 143 Å². The van der Waals surface area contributed by atoms with Crippen molar-refractivity contribution in [3.63, 3.8) is 0 Å². The van der Waals surface area contributed by atoms with E-state index in [2.05, 4.69) is 0 Å². The number of ether oxygens (including phenoxy) is 2. The van der Waals surface area contributed by atoms with Gasteiger partial charge in [0.1, 0.15) is 12.4 Å². The van der Waals surface area contributed by atoms with Gasteiger partial charge in [-0.3, -0.25) is 4.79 Å². The van der Waals surface area contributed by atoms with Crippen LogP contribution in [0.5, 0.6) is 5.75 Å². The highest BCUT2D eigenvalue weighted by Gasteiger charge is 2.24. The molecule has 2 atom stereocenters. The fourth-order valence-corrected chi connectivity index (χ4v) is 2.63. The molecule has 0 radical (unpaired) electrons. The van der Waals surface area contributed by atoms with Gasteiger partial charge in [-0.25, -0.2) is 0 Å². The highest BCUT2D eigenvalue weighted by Crippen LogP contribution is 2.28. The fraction of sp³-hybridized carbons (Fsp3) is 0.286. The molecule has 0 saturated carbocycles. The molecule has 0 spiro atoms. The van der Waals surface area contributed by atoms with Crippen LogP contribution < -0.4 is 4.74 Å². The summed E-state index contributed by atoms with van der Waals surface area (Å²) in [5, 5.41) is 0. The van der Waals surface area contributed by atoms with Crippen molar-refractivity contribution in [3.05, 3.63) is 77.9 Å². The van der Waals surface area contributed by atoms with Gasteiger partial charge in [0.2, 0.25) is 0 Å². The van der Waals surface area contributed by atoms with Crippen molar-refractivity contribution in [2.45, 2.75) is 26.4 Å². The molecule has 0 N–H and O–H groups in total. The second-order valence-electron chi connectivity index (χ2n) is 5.71. The van der Waals surface area contributed by atoms with Gasteiger partial charge in [-0.2, -0.15) is 0 Å². The van der Waals surface area contributed by atoms with E-state index >= 15 is 0 Å². The van der Waals surface area contributed by atoms with E-state index in [-0.39, 0.29) is 17.8 Å². The van der Waals surface area contributed by atoms with E-state index in [4.69, 9.17) is 9.47 Å². The molecule has 3 nitrogen and oxygen atoms in total. The quantitative estimate of drug-likeness (QED) is 0.545. The Morgan fingerprint density at radius 2 is 1.75 bits per heavy atom. The molecule has 0 aromatic heterocycles. The Hall–Kier alpha value is -2.55. The molecule has 0 unspecified atom stereocenters. The lowest BCUT2D eigenvalue weighted by atomic mass is 9.87. The summed E-state index contributed by atoms with van der Waals surface area (Å²) in [5.74, 6) is 0.364. The van der Waals surface area contributed by atoms with E-state index in [0.717, 1.165) is 16.9 Å². The van der Waals surface area contributed by atoms with E-state index in [0.29, 0.717) is 6.61 Å². The third-order valence-corrected chi connectivity index (χ3v) is 4.02. The number of rotatable bonds is 7. The highest BCUT2D eigenvalue weighted by atomic mass is 16.5. The largest absolute Gasteiger partial charge is 0.489 e. The summed E-state index contributed by atoms with van der Waals surface area (Å²) >= 11 is 0. The smallest absolute Gasteiger partial charge is 0.309 e. The van der Waals surface area contributed by atoms with Gasteiger partial charge in [0.25, 0.3) is 0 Å². The predicted molar refractivity (Wildman–Crippen MR) is 96.0 cm³/mol. The number of carbonyl (C=O) groups excluding carboxylic acids is 1. The van der Waals surface area contributed by atoms with Crippen molar-refractivity contribution in [3.8, 4) is 5.75 Å². The monoisotopic (exact) mass is 324 g/mol. The topological polar surface area (TPSA) is 35.5 Å². The van der Waals surface area contributed by atoms with E-state index in [9.17, 15) is 4.79 Å². The molecule has 24 heavy (non-hydrogen) atoms. The lowest BCUT2D eigenvalue weighted by molar-refractivity contribution is -0.145. The molecule has 0 saturated heterocycles. The minimum absolute atomic E-state index is 0.00868. The first-order valence-electron chi connectivity index (χ1n) is 8.13. The number of benzene rings is 2. The molecular weight excluding hydrogens is 300 g/mol. The first-order valence-corrected chi connectivity index (χ1v) is 8.13. The zero-order valence-electron chi connectivity index (χ0n) is 14.4. The fourth-order valence-electron chi connectivity index (χ4n) is 2.63. The second-order valence-corrected chi connectivity index (χ2v) is 5.71. The van der Waals surface area contributed by atoms with Crippen LogP contribution in [0.15, 0.2) is 66.7 Å². The lowest BCUT2D eigenvalue weighted by Gasteiger charge is -2.19. The Balaban J connectivity index is 2.07. The van der Waals surface area contributed by atoms with Crippen molar-refractivity contribution >= 4 is 5.97 Å². The highest BCUT2D eigenvalue weighted by molar-refractivity contribution is 5.73. The van der Waals surface area contributed by atoms with Crippen molar-refractivity contribution in [1.82, 2.24) is 0 Å². The Bertz CT molecular complexity index is 659. The minimum Gasteiger partial charge on any atom is -0.489 e. The predicted octanol–water partition coefficient (Wildman–Crippen LogP) is 4.73. The van der Waals surface area contributed by atoms with E-state index < -0.39 is 0 Å². The summed E-state index contributed by atoms with van der Waals surface area (Å²) in [4.78, 5) is 11.8. The van der Waals surface area contributed by atoms with Crippen LogP contribution in [0.25, 0.3) is 0 Å². The molecule has 3 heteroatoms. The normalized spacial score (nSPS) is 13.5. The van der Waals surface area contributed by atoms with Crippen LogP contribution in [0.3, 0.4) is 0 Å². The number of hydrogen-bond donors (Lipinski definition) is 0. The molecule has 2 aromatic rings. The molecule has 0 fully saturated rings. The molecule has 0 bridgehead atoms. The van der Waals surface area contributed by atoms with Gasteiger partial charge in [0.05, 0.1) is 13.0 Å². The molecule has 0 amide bonds. The molecule has 0 heterocycles. The summed E-state index contributed by atoms with van der Waals surface area (Å²) in [6.07, 6.45) is 3.99. The Morgan fingerprint density at radius 3 is 2.33 bits per heavy atom. The molecule has 0 aliphatic rings. The molecule has 126 valence electrons. The van der Waals surface area contributed by atoms with Gasteiger partial charge in [0.15, 0.2) is 0 Å². The van der Waals surface area contributed by atoms with Crippen LogP contribution in [0.1, 0.15) is 30.9 Å². The molecule has 0 aliphatic heterocycles. The summed E-state index contributed by atoms with van der Waals surface area (Å²) in [7, 11) is 1.42. The van der Waals surface area contributed by atoms with Crippen molar-refractivity contribution in [2.24, 2.45) is 5.92 Å². The number of allylic oxidation sites excluding steroid dienone is 2. The maximum absolute atomic E-state index is 11.8. The van der Waals surface area contributed by atoms with E-state index in [1.165, 1.54) is 7.11 Å². The van der Waals surface area contributed by atoms with Gasteiger partial charge in [-0.1, -0.05) is 61.5 Å². The third kappa shape index (κ3) is 4.72.